The topological polar surface area (TPSA) is 72.2 Å². The molecule has 1 atom stereocenters. The molecule has 0 amide bonds. The average Bonchev–Trinajstić information content (AvgIpc) is 2.42. The van der Waals surface area contributed by atoms with Gasteiger partial charge in [-0.25, -0.2) is 13.1 Å². The highest BCUT2D eigenvalue weighted by atomic mass is 32.2. The Bertz CT molecular complexity index is 559. The van der Waals surface area contributed by atoms with Gasteiger partial charge < -0.3 is 5.73 Å². The first-order valence-corrected chi connectivity index (χ1v) is 8.02. The van der Waals surface area contributed by atoms with Crippen molar-refractivity contribution in [2.45, 2.75) is 30.8 Å². The van der Waals surface area contributed by atoms with E-state index < -0.39 is 26.7 Å². The molecule has 1 aromatic carbocycles. The molecule has 0 saturated heterocycles. The summed E-state index contributed by atoms with van der Waals surface area (Å²) in [5, 5.41) is 0. The van der Waals surface area contributed by atoms with Crippen LogP contribution in [-0.4, -0.2) is 21.5 Å². The Morgan fingerprint density at radius 3 is 2.48 bits per heavy atom. The van der Waals surface area contributed by atoms with Crippen molar-refractivity contribution in [2.24, 2.45) is 11.7 Å². The third-order valence-electron chi connectivity index (χ3n) is 3.05. The zero-order chi connectivity index (χ0) is 16.1. The minimum Gasteiger partial charge on any atom is -0.330 e. The lowest BCUT2D eigenvalue weighted by atomic mass is 10.1. The lowest BCUT2D eigenvalue weighted by molar-refractivity contribution is -0.139. The lowest BCUT2D eigenvalue weighted by Gasteiger charge is -2.14. The predicted molar refractivity (Wildman–Crippen MR) is 74.1 cm³/mol. The van der Waals surface area contributed by atoms with Crippen LogP contribution in [0.5, 0.6) is 0 Å². The molecule has 0 saturated carbocycles. The standard InChI is InChI=1S/C13H19F3N2O2S/c1-10(9-17)5-4-8-18-21(19,20)12-7-3-2-6-11(12)13(14,15)16/h2-3,6-7,10,18H,4-5,8-9,17H2,1H3. The molecule has 0 aromatic heterocycles. The third kappa shape index (κ3) is 5.29. The summed E-state index contributed by atoms with van der Waals surface area (Å²) in [6.07, 6.45) is -3.48. The largest absolute Gasteiger partial charge is 0.417 e. The number of benzene rings is 1. The summed E-state index contributed by atoms with van der Waals surface area (Å²) in [4.78, 5) is -0.746. The van der Waals surface area contributed by atoms with Gasteiger partial charge in [0.05, 0.1) is 10.5 Å². The Morgan fingerprint density at radius 2 is 1.90 bits per heavy atom. The summed E-state index contributed by atoms with van der Waals surface area (Å²) in [5.74, 6) is 0.247. The number of hydrogen-bond acceptors (Lipinski definition) is 3. The molecular weight excluding hydrogens is 305 g/mol. The van der Waals surface area contributed by atoms with Gasteiger partial charge in [-0.15, -0.1) is 0 Å². The molecule has 4 nitrogen and oxygen atoms in total. The number of halogens is 3. The fourth-order valence-electron chi connectivity index (χ4n) is 1.79. The van der Waals surface area contributed by atoms with Crippen molar-refractivity contribution >= 4 is 10.0 Å². The number of rotatable bonds is 7. The van der Waals surface area contributed by atoms with E-state index in [9.17, 15) is 21.6 Å². The Hall–Kier alpha value is -1.12. The Kier molecular flexibility index (Phi) is 6.18. The van der Waals surface area contributed by atoms with Gasteiger partial charge in [0.2, 0.25) is 10.0 Å². The van der Waals surface area contributed by atoms with Crippen LogP contribution in [0.2, 0.25) is 0 Å². The molecule has 0 radical (unpaired) electrons. The SMILES string of the molecule is CC(CN)CCCNS(=O)(=O)c1ccccc1C(F)(F)F. The Balaban J connectivity index is 2.80. The highest BCUT2D eigenvalue weighted by Gasteiger charge is 2.36. The number of alkyl halides is 3. The molecule has 1 aromatic rings. The van der Waals surface area contributed by atoms with Crippen LogP contribution < -0.4 is 10.5 Å². The van der Waals surface area contributed by atoms with Gasteiger partial charge in [0.15, 0.2) is 0 Å². The molecule has 0 aliphatic heterocycles. The molecule has 120 valence electrons. The summed E-state index contributed by atoms with van der Waals surface area (Å²) < 4.78 is 64.6. The van der Waals surface area contributed by atoms with Crippen LogP contribution in [0.1, 0.15) is 25.3 Å². The van der Waals surface area contributed by atoms with Gasteiger partial charge >= 0.3 is 6.18 Å². The number of nitrogens with two attached hydrogens (primary N) is 1. The third-order valence-corrected chi connectivity index (χ3v) is 4.57. The van der Waals surface area contributed by atoms with E-state index in [4.69, 9.17) is 5.73 Å². The van der Waals surface area contributed by atoms with Crippen molar-refractivity contribution in [3.63, 3.8) is 0 Å². The zero-order valence-corrected chi connectivity index (χ0v) is 12.5. The smallest absolute Gasteiger partial charge is 0.330 e. The molecule has 1 unspecified atom stereocenters. The Morgan fingerprint density at radius 1 is 1.29 bits per heavy atom. The van der Waals surface area contributed by atoms with Gasteiger partial charge in [-0.3, -0.25) is 0 Å². The van der Waals surface area contributed by atoms with E-state index in [0.29, 0.717) is 19.4 Å². The molecule has 21 heavy (non-hydrogen) atoms. The summed E-state index contributed by atoms with van der Waals surface area (Å²) in [7, 11) is -4.18. The van der Waals surface area contributed by atoms with Crippen molar-refractivity contribution in [1.82, 2.24) is 4.72 Å². The summed E-state index contributed by atoms with van der Waals surface area (Å²) >= 11 is 0. The maximum absolute atomic E-state index is 12.8. The number of sulfonamides is 1. The van der Waals surface area contributed by atoms with E-state index in [0.717, 1.165) is 18.2 Å². The van der Waals surface area contributed by atoms with E-state index in [1.165, 1.54) is 6.07 Å². The maximum Gasteiger partial charge on any atom is 0.417 e. The molecule has 0 aliphatic carbocycles. The lowest BCUT2D eigenvalue weighted by Crippen LogP contribution is -2.27. The van der Waals surface area contributed by atoms with Gasteiger partial charge in [-0.2, -0.15) is 13.2 Å². The Labute approximate surface area is 122 Å². The van der Waals surface area contributed by atoms with Crippen LogP contribution in [0.3, 0.4) is 0 Å². The van der Waals surface area contributed by atoms with Gasteiger partial charge in [0.1, 0.15) is 0 Å². The normalized spacial score (nSPS) is 14.1. The van der Waals surface area contributed by atoms with Gasteiger partial charge in [0.25, 0.3) is 0 Å². The first kappa shape index (κ1) is 17.9. The van der Waals surface area contributed by atoms with E-state index in [1.807, 2.05) is 6.92 Å². The van der Waals surface area contributed by atoms with Gasteiger partial charge in [0, 0.05) is 6.54 Å². The van der Waals surface area contributed by atoms with Crippen LogP contribution >= 0.6 is 0 Å². The van der Waals surface area contributed by atoms with Crippen molar-refractivity contribution in [3.05, 3.63) is 29.8 Å². The van der Waals surface area contributed by atoms with Crippen molar-refractivity contribution < 1.29 is 21.6 Å². The molecule has 8 heteroatoms. The van der Waals surface area contributed by atoms with Crippen LogP contribution in [0.4, 0.5) is 13.2 Å². The maximum atomic E-state index is 12.8. The predicted octanol–water partition coefficient (Wildman–Crippen LogP) is 2.36. The van der Waals surface area contributed by atoms with E-state index in [-0.39, 0.29) is 12.5 Å². The summed E-state index contributed by atoms with van der Waals surface area (Å²) in [6, 6.07) is 4.13. The molecule has 0 aliphatic rings. The molecule has 3 N–H and O–H groups in total. The first-order chi connectivity index (χ1) is 9.68. The second kappa shape index (κ2) is 7.24. The van der Waals surface area contributed by atoms with Crippen molar-refractivity contribution in [2.75, 3.05) is 13.1 Å². The fraction of sp³-hybridized carbons (Fsp3) is 0.538. The minimum atomic E-state index is -4.71. The zero-order valence-electron chi connectivity index (χ0n) is 11.7. The van der Waals surface area contributed by atoms with Gasteiger partial charge in [-0.05, 0) is 37.4 Å². The summed E-state index contributed by atoms with van der Waals surface area (Å²) in [5.41, 5.74) is 4.28. The molecule has 1 rings (SSSR count). The number of nitrogens with one attached hydrogen (secondary N) is 1. The molecular formula is C13H19F3N2O2S. The second-order valence-corrected chi connectivity index (χ2v) is 6.61. The van der Waals surface area contributed by atoms with Crippen LogP contribution in [0.15, 0.2) is 29.2 Å². The minimum absolute atomic E-state index is 0.0822. The average molecular weight is 324 g/mol. The van der Waals surface area contributed by atoms with Crippen LogP contribution in [-0.2, 0) is 16.2 Å². The van der Waals surface area contributed by atoms with Crippen molar-refractivity contribution in [1.29, 1.82) is 0 Å². The van der Waals surface area contributed by atoms with E-state index >= 15 is 0 Å². The van der Waals surface area contributed by atoms with Crippen LogP contribution in [0.25, 0.3) is 0 Å². The van der Waals surface area contributed by atoms with E-state index in [2.05, 4.69) is 4.72 Å². The monoisotopic (exact) mass is 324 g/mol. The molecule has 0 fully saturated rings. The second-order valence-electron chi connectivity index (χ2n) is 4.87. The molecule has 0 heterocycles. The molecule has 0 bridgehead atoms. The quantitative estimate of drug-likeness (QED) is 0.756. The molecule has 0 spiro atoms. The van der Waals surface area contributed by atoms with E-state index in [1.54, 1.807) is 0 Å². The highest BCUT2D eigenvalue weighted by Crippen LogP contribution is 2.33. The van der Waals surface area contributed by atoms with Crippen LogP contribution in [0, 0.1) is 5.92 Å². The highest BCUT2D eigenvalue weighted by molar-refractivity contribution is 7.89. The summed E-state index contributed by atoms with van der Waals surface area (Å²) in [6.45, 7) is 2.50. The van der Waals surface area contributed by atoms with Gasteiger partial charge in [-0.1, -0.05) is 19.1 Å². The first-order valence-electron chi connectivity index (χ1n) is 6.54. The van der Waals surface area contributed by atoms with Crippen molar-refractivity contribution in [3.8, 4) is 0 Å². The number of hydrogen-bond donors (Lipinski definition) is 2. The fourth-order valence-corrected chi connectivity index (χ4v) is 3.09.